The van der Waals surface area contributed by atoms with Crippen LogP contribution in [0.25, 0.3) is 5.65 Å². The van der Waals surface area contributed by atoms with Crippen LogP contribution >= 0.6 is 11.3 Å². The lowest BCUT2D eigenvalue weighted by Gasteiger charge is -2.35. The molecule has 118 valence electrons. The summed E-state index contributed by atoms with van der Waals surface area (Å²) < 4.78 is 2.12. The molecule has 0 unspecified atom stereocenters. The lowest BCUT2D eigenvalue weighted by atomic mass is 10.3. The summed E-state index contributed by atoms with van der Waals surface area (Å²) in [7, 11) is 0. The van der Waals surface area contributed by atoms with Gasteiger partial charge in [0, 0.05) is 56.1 Å². The Morgan fingerprint density at radius 1 is 0.957 bits per heavy atom. The third-order valence-electron chi connectivity index (χ3n) is 4.55. The summed E-state index contributed by atoms with van der Waals surface area (Å²) in [5.41, 5.74) is 0.886. The fourth-order valence-electron chi connectivity index (χ4n) is 3.16. The van der Waals surface area contributed by atoms with Crippen molar-refractivity contribution in [2.75, 3.05) is 36.0 Å². The number of piperazine rings is 1. The lowest BCUT2D eigenvalue weighted by Crippen LogP contribution is -2.47. The van der Waals surface area contributed by atoms with E-state index in [2.05, 4.69) is 34.4 Å². The summed E-state index contributed by atoms with van der Waals surface area (Å²) in [5.74, 6) is 2.62. The third kappa shape index (κ3) is 2.24. The van der Waals surface area contributed by atoms with Gasteiger partial charge in [-0.15, -0.1) is 21.5 Å². The Morgan fingerprint density at radius 2 is 1.78 bits per heavy atom. The number of rotatable bonds is 3. The van der Waals surface area contributed by atoms with Crippen LogP contribution in [0.2, 0.25) is 0 Å². The standard InChI is InChI=1S/C15H17N7S/c1-2-11(1)12-18-19-14-13(16-3-5-22(12)14)20-6-8-21(9-7-20)15-17-4-10-23-15/h3-5,10-11H,1-2,6-9H2. The highest BCUT2D eigenvalue weighted by Crippen LogP contribution is 2.39. The van der Waals surface area contributed by atoms with E-state index in [4.69, 9.17) is 0 Å². The fourth-order valence-corrected chi connectivity index (χ4v) is 3.85. The van der Waals surface area contributed by atoms with Gasteiger partial charge in [0.2, 0.25) is 5.65 Å². The van der Waals surface area contributed by atoms with E-state index >= 15 is 0 Å². The van der Waals surface area contributed by atoms with Crippen LogP contribution < -0.4 is 9.80 Å². The molecule has 4 heterocycles. The molecule has 3 aromatic rings. The van der Waals surface area contributed by atoms with Gasteiger partial charge in [0.1, 0.15) is 5.82 Å². The SMILES string of the molecule is c1csc(N2CCN(c3nccn4c(C5CC5)nnc34)CC2)n1. The van der Waals surface area contributed by atoms with Gasteiger partial charge in [0.15, 0.2) is 10.9 Å². The van der Waals surface area contributed by atoms with E-state index < -0.39 is 0 Å². The zero-order valence-corrected chi connectivity index (χ0v) is 13.5. The minimum absolute atomic E-state index is 0.585. The van der Waals surface area contributed by atoms with Crippen LogP contribution in [0.15, 0.2) is 24.0 Å². The van der Waals surface area contributed by atoms with Gasteiger partial charge in [-0.2, -0.15) is 0 Å². The molecule has 8 heteroatoms. The second-order valence-corrected chi connectivity index (χ2v) is 6.94. The van der Waals surface area contributed by atoms with Crippen molar-refractivity contribution in [1.82, 2.24) is 24.6 Å². The summed E-state index contributed by atoms with van der Waals surface area (Å²) in [6.07, 6.45) is 8.17. The molecule has 1 saturated heterocycles. The van der Waals surface area contributed by atoms with Crippen molar-refractivity contribution >= 4 is 27.9 Å². The van der Waals surface area contributed by atoms with Gasteiger partial charge in [-0.1, -0.05) is 0 Å². The monoisotopic (exact) mass is 327 g/mol. The van der Waals surface area contributed by atoms with Gasteiger partial charge in [0.05, 0.1) is 0 Å². The molecule has 0 spiro atoms. The van der Waals surface area contributed by atoms with E-state index in [1.807, 2.05) is 24.0 Å². The first-order valence-corrected chi connectivity index (χ1v) is 8.87. The summed E-state index contributed by atoms with van der Waals surface area (Å²) >= 11 is 1.70. The Labute approximate surface area is 137 Å². The molecule has 1 aliphatic heterocycles. The van der Waals surface area contributed by atoms with Gasteiger partial charge in [-0.25, -0.2) is 9.97 Å². The Hall–Kier alpha value is -2.22. The highest BCUT2D eigenvalue weighted by Gasteiger charge is 2.30. The second kappa shape index (κ2) is 5.16. The summed E-state index contributed by atoms with van der Waals surface area (Å²) in [4.78, 5) is 13.6. The maximum Gasteiger partial charge on any atom is 0.203 e. The maximum absolute atomic E-state index is 4.58. The van der Waals surface area contributed by atoms with E-state index in [1.165, 1.54) is 12.8 Å². The molecule has 2 aliphatic rings. The Bertz CT molecular complexity index is 816. The molecular formula is C15H17N7S. The Morgan fingerprint density at radius 3 is 2.52 bits per heavy atom. The number of hydrogen-bond acceptors (Lipinski definition) is 7. The van der Waals surface area contributed by atoms with Crippen molar-refractivity contribution in [3.63, 3.8) is 0 Å². The number of fused-ring (bicyclic) bond motifs is 1. The van der Waals surface area contributed by atoms with Crippen molar-refractivity contribution < 1.29 is 0 Å². The molecule has 5 rings (SSSR count). The molecule has 1 aliphatic carbocycles. The minimum atomic E-state index is 0.585. The second-order valence-electron chi connectivity index (χ2n) is 6.07. The molecule has 23 heavy (non-hydrogen) atoms. The molecule has 0 radical (unpaired) electrons. The quantitative estimate of drug-likeness (QED) is 0.731. The van der Waals surface area contributed by atoms with Gasteiger partial charge >= 0.3 is 0 Å². The first-order valence-electron chi connectivity index (χ1n) is 7.99. The van der Waals surface area contributed by atoms with Gasteiger partial charge in [-0.3, -0.25) is 4.40 Å². The van der Waals surface area contributed by atoms with Gasteiger partial charge in [-0.05, 0) is 12.8 Å². The van der Waals surface area contributed by atoms with Crippen molar-refractivity contribution in [3.8, 4) is 0 Å². The summed E-state index contributed by atoms with van der Waals surface area (Å²) in [6.45, 7) is 3.77. The van der Waals surface area contributed by atoms with Crippen molar-refractivity contribution in [1.29, 1.82) is 0 Å². The van der Waals surface area contributed by atoms with Crippen LogP contribution in [0.5, 0.6) is 0 Å². The van der Waals surface area contributed by atoms with E-state index in [1.54, 1.807) is 11.3 Å². The molecule has 0 bridgehead atoms. The smallest absolute Gasteiger partial charge is 0.203 e. The largest absolute Gasteiger partial charge is 0.350 e. The molecule has 1 saturated carbocycles. The van der Waals surface area contributed by atoms with Crippen molar-refractivity contribution in [2.45, 2.75) is 18.8 Å². The van der Waals surface area contributed by atoms with E-state index in [9.17, 15) is 0 Å². The van der Waals surface area contributed by atoms with Crippen LogP contribution in [0, 0.1) is 0 Å². The normalized spacial score (nSPS) is 18.8. The van der Waals surface area contributed by atoms with Crippen LogP contribution in [-0.2, 0) is 0 Å². The van der Waals surface area contributed by atoms with E-state index in [0.29, 0.717) is 5.92 Å². The highest BCUT2D eigenvalue weighted by molar-refractivity contribution is 7.13. The van der Waals surface area contributed by atoms with Crippen LogP contribution in [0.4, 0.5) is 10.9 Å². The van der Waals surface area contributed by atoms with Crippen LogP contribution in [-0.4, -0.2) is 50.7 Å². The molecular weight excluding hydrogens is 310 g/mol. The molecule has 0 amide bonds. The molecule has 7 nitrogen and oxygen atoms in total. The van der Waals surface area contributed by atoms with Crippen LogP contribution in [0.1, 0.15) is 24.6 Å². The highest BCUT2D eigenvalue weighted by atomic mass is 32.1. The van der Waals surface area contributed by atoms with Crippen LogP contribution in [0.3, 0.4) is 0 Å². The molecule has 0 atom stereocenters. The van der Waals surface area contributed by atoms with Crippen molar-refractivity contribution in [3.05, 3.63) is 29.8 Å². The zero-order chi connectivity index (χ0) is 15.2. The summed E-state index contributed by atoms with van der Waals surface area (Å²) in [6, 6.07) is 0. The maximum atomic E-state index is 4.58. The minimum Gasteiger partial charge on any atom is -0.350 e. The van der Waals surface area contributed by atoms with E-state index in [-0.39, 0.29) is 0 Å². The molecule has 0 N–H and O–H groups in total. The first kappa shape index (κ1) is 13.2. The first-order chi connectivity index (χ1) is 11.4. The average Bonchev–Trinajstić information content (AvgIpc) is 3.13. The molecule has 0 aromatic carbocycles. The predicted octanol–water partition coefficient (Wildman–Crippen LogP) is 1.78. The predicted molar refractivity (Wildman–Crippen MR) is 89.3 cm³/mol. The van der Waals surface area contributed by atoms with Gasteiger partial charge in [0.25, 0.3) is 0 Å². The van der Waals surface area contributed by atoms with E-state index in [0.717, 1.165) is 48.6 Å². The fraction of sp³-hybridized carbons (Fsp3) is 0.467. The Balaban J connectivity index is 1.41. The third-order valence-corrected chi connectivity index (χ3v) is 5.38. The summed E-state index contributed by atoms with van der Waals surface area (Å²) in [5, 5.41) is 11.9. The number of anilines is 2. The zero-order valence-electron chi connectivity index (χ0n) is 12.7. The number of hydrogen-bond donors (Lipinski definition) is 0. The Kier molecular flexibility index (Phi) is 2.97. The number of nitrogens with zero attached hydrogens (tertiary/aromatic N) is 7. The molecule has 2 fully saturated rings. The van der Waals surface area contributed by atoms with Gasteiger partial charge < -0.3 is 9.80 Å². The topological polar surface area (TPSA) is 62.5 Å². The lowest BCUT2D eigenvalue weighted by molar-refractivity contribution is 0.646. The number of thiazole rings is 1. The molecule has 3 aromatic heterocycles. The van der Waals surface area contributed by atoms with Crippen molar-refractivity contribution in [2.24, 2.45) is 0 Å². The average molecular weight is 327 g/mol. The number of aromatic nitrogens is 5.